The summed E-state index contributed by atoms with van der Waals surface area (Å²) in [5.74, 6) is 2.67. The van der Waals surface area contributed by atoms with E-state index in [2.05, 4.69) is 20.5 Å². The molecule has 10 heteroatoms. The van der Waals surface area contributed by atoms with E-state index in [1.165, 1.54) is 7.11 Å². The van der Waals surface area contributed by atoms with E-state index in [9.17, 15) is 9.59 Å². The van der Waals surface area contributed by atoms with Gasteiger partial charge in [-0.2, -0.15) is 0 Å². The van der Waals surface area contributed by atoms with Crippen LogP contribution in [-0.4, -0.2) is 49.0 Å². The Bertz CT molecular complexity index is 1500. The second kappa shape index (κ2) is 13.8. The highest BCUT2D eigenvalue weighted by Crippen LogP contribution is 2.32. The van der Waals surface area contributed by atoms with Gasteiger partial charge in [-0.25, -0.2) is 0 Å². The lowest BCUT2D eigenvalue weighted by molar-refractivity contribution is -0.121. The quantitative estimate of drug-likeness (QED) is 0.261. The van der Waals surface area contributed by atoms with E-state index in [0.29, 0.717) is 36.6 Å². The molecular formula is C30H32N4O6. The largest absolute Gasteiger partial charge is 0.497 e. The van der Waals surface area contributed by atoms with Gasteiger partial charge in [-0.3, -0.25) is 9.59 Å². The number of ether oxygens (including phenoxy) is 4. The Labute approximate surface area is 232 Å². The molecule has 0 radical (unpaired) electrons. The van der Waals surface area contributed by atoms with Crippen LogP contribution in [0.5, 0.6) is 23.0 Å². The van der Waals surface area contributed by atoms with Crippen LogP contribution in [0.1, 0.15) is 23.2 Å². The lowest BCUT2D eigenvalue weighted by Crippen LogP contribution is -2.27. The molecule has 1 aromatic heterocycles. The van der Waals surface area contributed by atoms with Gasteiger partial charge in [-0.15, -0.1) is 10.2 Å². The number of para-hydroxylation sites is 1. The van der Waals surface area contributed by atoms with Crippen molar-refractivity contribution in [3.05, 3.63) is 93.9 Å². The summed E-state index contributed by atoms with van der Waals surface area (Å²) in [6, 6.07) is 20.5. The summed E-state index contributed by atoms with van der Waals surface area (Å²) < 4.78 is 22.0. The average molecular weight is 545 g/mol. The molecule has 1 heterocycles. The fourth-order valence-electron chi connectivity index (χ4n) is 4.08. The number of amides is 1. The standard InChI is InChI=1S/C30H32N4O6/c1-37-23-9-6-7-20(17-23)19-40-26-13-11-22(18-27(26)39-3)29-32-30(36)24(33-34-29)12-14-28(35)31-16-15-21-8-4-5-10-25(21)38-2/h4-11,13,17-18H,12,14-16,19H2,1-3H3,(H,31,35)(H,32,34,36). The lowest BCUT2D eigenvalue weighted by Gasteiger charge is -2.12. The molecule has 0 fully saturated rings. The summed E-state index contributed by atoms with van der Waals surface area (Å²) in [7, 11) is 4.77. The number of hydrogen-bond acceptors (Lipinski definition) is 8. The number of aromatic amines is 1. The van der Waals surface area contributed by atoms with Crippen molar-refractivity contribution in [2.24, 2.45) is 0 Å². The number of aryl methyl sites for hydroxylation is 1. The van der Waals surface area contributed by atoms with Crippen LogP contribution in [0, 0.1) is 0 Å². The minimum atomic E-state index is -0.399. The Hall–Kier alpha value is -4.86. The van der Waals surface area contributed by atoms with Gasteiger partial charge in [0.15, 0.2) is 17.3 Å². The molecule has 0 saturated carbocycles. The second-order valence-electron chi connectivity index (χ2n) is 8.87. The van der Waals surface area contributed by atoms with Crippen molar-refractivity contribution in [3.63, 3.8) is 0 Å². The van der Waals surface area contributed by atoms with E-state index in [0.717, 1.165) is 22.6 Å². The molecule has 2 N–H and O–H groups in total. The minimum Gasteiger partial charge on any atom is -0.497 e. The molecule has 10 nitrogen and oxygen atoms in total. The Morgan fingerprint density at radius 2 is 1.68 bits per heavy atom. The maximum atomic E-state index is 12.7. The maximum absolute atomic E-state index is 12.7. The molecule has 0 atom stereocenters. The Morgan fingerprint density at radius 1 is 0.850 bits per heavy atom. The van der Waals surface area contributed by atoms with Crippen molar-refractivity contribution >= 4 is 5.91 Å². The number of H-pyrrole nitrogens is 1. The van der Waals surface area contributed by atoms with E-state index in [1.807, 2.05) is 48.5 Å². The summed E-state index contributed by atoms with van der Waals surface area (Å²) in [5.41, 5.74) is 2.35. The lowest BCUT2D eigenvalue weighted by atomic mass is 10.1. The molecule has 4 rings (SSSR count). The summed E-state index contributed by atoms with van der Waals surface area (Å²) in [6.45, 7) is 0.785. The molecular weight excluding hydrogens is 512 g/mol. The number of nitrogens with one attached hydrogen (secondary N) is 2. The Balaban J connectivity index is 1.33. The third-order valence-corrected chi connectivity index (χ3v) is 6.23. The molecule has 0 saturated heterocycles. The highest BCUT2D eigenvalue weighted by Gasteiger charge is 2.13. The normalized spacial score (nSPS) is 10.6. The van der Waals surface area contributed by atoms with Crippen LogP contribution in [0.4, 0.5) is 0 Å². The van der Waals surface area contributed by atoms with Crippen molar-refractivity contribution in [3.8, 4) is 34.4 Å². The first-order valence-corrected chi connectivity index (χ1v) is 12.8. The van der Waals surface area contributed by atoms with Crippen LogP contribution in [-0.2, 0) is 24.2 Å². The smallest absolute Gasteiger partial charge is 0.273 e. The number of carbonyl (C=O) groups is 1. The van der Waals surface area contributed by atoms with Crippen LogP contribution < -0.4 is 29.8 Å². The predicted molar refractivity (Wildman–Crippen MR) is 150 cm³/mol. The predicted octanol–water partition coefficient (Wildman–Crippen LogP) is 3.73. The zero-order chi connectivity index (χ0) is 28.3. The number of carbonyl (C=O) groups excluding carboxylic acids is 1. The van der Waals surface area contributed by atoms with Crippen LogP contribution in [0.2, 0.25) is 0 Å². The molecule has 0 aliphatic carbocycles. The molecule has 208 valence electrons. The van der Waals surface area contributed by atoms with Crippen molar-refractivity contribution < 1.29 is 23.7 Å². The highest BCUT2D eigenvalue weighted by molar-refractivity contribution is 5.76. The molecule has 0 bridgehead atoms. The van der Waals surface area contributed by atoms with Crippen molar-refractivity contribution in [2.45, 2.75) is 25.9 Å². The number of benzene rings is 3. The van der Waals surface area contributed by atoms with Crippen LogP contribution in [0.15, 0.2) is 71.5 Å². The Kier molecular flexibility index (Phi) is 9.71. The van der Waals surface area contributed by atoms with Gasteiger partial charge in [0, 0.05) is 24.9 Å². The number of nitrogens with zero attached hydrogens (tertiary/aromatic N) is 2. The van der Waals surface area contributed by atoms with E-state index >= 15 is 0 Å². The summed E-state index contributed by atoms with van der Waals surface area (Å²) in [4.78, 5) is 27.7. The van der Waals surface area contributed by atoms with Crippen molar-refractivity contribution in [2.75, 3.05) is 27.9 Å². The van der Waals surface area contributed by atoms with Gasteiger partial charge in [0.05, 0.1) is 21.3 Å². The number of rotatable bonds is 13. The number of aromatic nitrogens is 3. The fraction of sp³-hybridized carbons (Fsp3) is 0.267. The summed E-state index contributed by atoms with van der Waals surface area (Å²) in [6.07, 6.45) is 0.929. The van der Waals surface area contributed by atoms with Crippen LogP contribution in [0.25, 0.3) is 11.4 Å². The van der Waals surface area contributed by atoms with E-state index in [4.69, 9.17) is 18.9 Å². The van der Waals surface area contributed by atoms with Crippen molar-refractivity contribution in [1.29, 1.82) is 0 Å². The van der Waals surface area contributed by atoms with E-state index < -0.39 is 5.56 Å². The minimum absolute atomic E-state index is 0.121. The van der Waals surface area contributed by atoms with Crippen molar-refractivity contribution in [1.82, 2.24) is 20.5 Å². The molecule has 40 heavy (non-hydrogen) atoms. The maximum Gasteiger partial charge on any atom is 0.273 e. The number of methoxy groups -OCH3 is 3. The molecule has 0 spiro atoms. The van der Waals surface area contributed by atoms with Gasteiger partial charge in [-0.05, 0) is 53.9 Å². The van der Waals surface area contributed by atoms with Gasteiger partial charge < -0.3 is 29.2 Å². The first-order valence-electron chi connectivity index (χ1n) is 12.8. The van der Waals surface area contributed by atoms with E-state index in [-0.39, 0.29) is 30.3 Å². The van der Waals surface area contributed by atoms with Gasteiger partial charge in [0.1, 0.15) is 23.8 Å². The summed E-state index contributed by atoms with van der Waals surface area (Å²) >= 11 is 0. The molecule has 4 aromatic rings. The van der Waals surface area contributed by atoms with Gasteiger partial charge in [0.2, 0.25) is 5.91 Å². The second-order valence-corrected chi connectivity index (χ2v) is 8.87. The zero-order valence-electron chi connectivity index (χ0n) is 22.7. The van der Waals surface area contributed by atoms with E-state index in [1.54, 1.807) is 32.4 Å². The third-order valence-electron chi connectivity index (χ3n) is 6.23. The highest BCUT2D eigenvalue weighted by atomic mass is 16.5. The van der Waals surface area contributed by atoms with Crippen LogP contribution in [0.3, 0.4) is 0 Å². The third kappa shape index (κ3) is 7.37. The van der Waals surface area contributed by atoms with Gasteiger partial charge in [-0.1, -0.05) is 30.3 Å². The topological polar surface area (TPSA) is 125 Å². The first-order chi connectivity index (χ1) is 19.5. The first kappa shape index (κ1) is 28.2. The summed E-state index contributed by atoms with van der Waals surface area (Å²) in [5, 5.41) is 11.1. The van der Waals surface area contributed by atoms with Crippen LogP contribution >= 0.6 is 0 Å². The zero-order valence-corrected chi connectivity index (χ0v) is 22.7. The fourth-order valence-corrected chi connectivity index (χ4v) is 4.08. The van der Waals surface area contributed by atoms with Gasteiger partial charge in [0.25, 0.3) is 5.56 Å². The molecule has 0 aliphatic rings. The molecule has 3 aromatic carbocycles. The van der Waals surface area contributed by atoms with Gasteiger partial charge >= 0.3 is 0 Å². The number of hydrogen-bond donors (Lipinski definition) is 2. The average Bonchev–Trinajstić information content (AvgIpc) is 2.99. The molecule has 0 unspecified atom stereocenters. The monoisotopic (exact) mass is 544 g/mol. The SMILES string of the molecule is COc1cccc(COc2ccc(-c3nnc(CCC(=O)NCCc4ccccc4OC)c(=O)[nH]3)cc2OC)c1. The molecule has 1 amide bonds. The Morgan fingerprint density at radius 3 is 2.45 bits per heavy atom. The molecule has 0 aliphatic heterocycles.